The predicted molar refractivity (Wildman–Crippen MR) is 115 cm³/mol. The van der Waals surface area contributed by atoms with Crippen LogP contribution >= 0.6 is 11.3 Å². The Balaban J connectivity index is 1.83. The lowest BCUT2D eigenvalue weighted by atomic mass is 9.73. The van der Waals surface area contributed by atoms with Crippen molar-refractivity contribution in [3.8, 4) is 11.4 Å². The summed E-state index contributed by atoms with van der Waals surface area (Å²) >= 11 is 1.33. The molecule has 0 unspecified atom stereocenters. The van der Waals surface area contributed by atoms with Crippen LogP contribution < -0.4 is 16.4 Å². The van der Waals surface area contributed by atoms with Gasteiger partial charge in [0.15, 0.2) is 10.8 Å². The number of thiazole rings is 1. The van der Waals surface area contributed by atoms with E-state index in [4.69, 9.17) is 10.8 Å². The van der Waals surface area contributed by atoms with Crippen molar-refractivity contribution in [2.75, 3.05) is 17.6 Å². The fourth-order valence-corrected chi connectivity index (χ4v) is 4.50. The first-order chi connectivity index (χ1) is 14.7. The fourth-order valence-electron chi connectivity index (χ4n) is 3.82. The van der Waals surface area contributed by atoms with E-state index in [1.165, 1.54) is 11.3 Å². The number of hydrogen-bond donors (Lipinski definition) is 4. The third-order valence-electron chi connectivity index (χ3n) is 5.02. The number of nitrogen functional groups attached to an aromatic ring is 1. The molecule has 0 atom stereocenters. The molecule has 5 N–H and O–H groups in total. The molecule has 11 nitrogen and oxygen atoms in total. The molecular formula is C19H22N8O3S. The molecule has 3 heterocycles. The van der Waals surface area contributed by atoms with Crippen molar-refractivity contribution in [3.05, 3.63) is 34.1 Å². The molecule has 3 aromatic rings. The van der Waals surface area contributed by atoms with Crippen LogP contribution in [0.25, 0.3) is 11.4 Å². The molecular weight excluding hydrogens is 420 g/mol. The lowest BCUT2D eigenvalue weighted by Crippen LogP contribution is -2.30. The molecule has 2 amide bonds. The molecule has 3 aromatic heterocycles. The molecule has 0 saturated carbocycles. The van der Waals surface area contributed by atoms with Crippen molar-refractivity contribution in [3.63, 3.8) is 0 Å². The van der Waals surface area contributed by atoms with E-state index in [0.29, 0.717) is 22.9 Å². The van der Waals surface area contributed by atoms with Crippen molar-refractivity contribution in [2.45, 2.75) is 39.2 Å². The number of carbonyl (C=O) groups excluding carboxylic acids is 1. The third-order valence-corrected chi connectivity index (χ3v) is 5.90. The Labute approximate surface area is 181 Å². The van der Waals surface area contributed by atoms with Gasteiger partial charge in [-0.05, 0) is 24.3 Å². The zero-order chi connectivity index (χ0) is 22.3. The molecule has 4 rings (SSSR count). The highest BCUT2D eigenvalue weighted by Gasteiger charge is 2.40. The Morgan fingerprint density at radius 2 is 2.13 bits per heavy atom. The zero-order valence-corrected chi connectivity index (χ0v) is 18.1. The first-order valence-corrected chi connectivity index (χ1v) is 10.5. The SMILES string of the molecule is Cc1csc(NC(=O)c2nn(CCNC(=O)O)c3c2C(C)(C)Cc2cnc(N)nc2-3)n1. The topological polar surface area (TPSA) is 161 Å². The summed E-state index contributed by atoms with van der Waals surface area (Å²) in [5.41, 5.74) is 9.35. The lowest BCUT2D eigenvalue weighted by molar-refractivity contribution is 0.101. The molecule has 0 radical (unpaired) electrons. The Kier molecular flexibility index (Phi) is 5.09. The third kappa shape index (κ3) is 3.93. The summed E-state index contributed by atoms with van der Waals surface area (Å²) in [6.07, 6.45) is 1.16. The maximum Gasteiger partial charge on any atom is 0.404 e. The van der Waals surface area contributed by atoms with Crippen molar-refractivity contribution in [2.24, 2.45) is 0 Å². The summed E-state index contributed by atoms with van der Waals surface area (Å²) in [4.78, 5) is 36.9. The van der Waals surface area contributed by atoms with Crippen molar-refractivity contribution in [1.82, 2.24) is 30.0 Å². The molecule has 31 heavy (non-hydrogen) atoms. The molecule has 0 fully saturated rings. The summed E-state index contributed by atoms with van der Waals surface area (Å²) in [5, 5.41) is 21.0. The van der Waals surface area contributed by atoms with E-state index in [1.54, 1.807) is 10.9 Å². The molecule has 12 heteroatoms. The van der Waals surface area contributed by atoms with E-state index >= 15 is 0 Å². The molecule has 162 valence electrons. The van der Waals surface area contributed by atoms with Crippen LogP contribution in [0.4, 0.5) is 15.9 Å². The quantitative estimate of drug-likeness (QED) is 0.467. The fraction of sp³-hybridized carbons (Fsp3) is 0.368. The standard InChI is InChI=1S/C19H22N8O3S/c1-9-8-31-17(23-9)25-15(28)13-11-14(27(26-13)5-4-21-18(29)30)12-10(6-19(11,2)3)7-22-16(20)24-12/h7-8,21H,4-6H2,1-3H3,(H,29,30)(H2,20,22,24)(H,23,25,28). The largest absolute Gasteiger partial charge is 0.465 e. The highest BCUT2D eigenvalue weighted by atomic mass is 32.1. The number of fused-ring (bicyclic) bond motifs is 3. The minimum atomic E-state index is -1.13. The Morgan fingerprint density at radius 1 is 1.35 bits per heavy atom. The van der Waals surface area contributed by atoms with Gasteiger partial charge in [-0.1, -0.05) is 13.8 Å². The number of carbonyl (C=O) groups is 2. The minimum absolute atomic E-state index is 0.116. The van der Waals surface area contributed by atoms with Gasteiger partial charge in [-0.15, -0.1) is 11.3 Å². The maximum atomic E-state index is 13.2. The van der Waals surface area contributed by atoms with Gasteiger partial charge in [0.1, 0.15) is 0 Å². The summed E-state index contributed by atoms with van der Waals surface area (Å²) < 4.78 is 1.61. The van der Waals surface area contributed by atoms with Gasteiger partial charge in [0.25, 0.3) is 5.91 Å². The van der Waals surface area contributed by atoms with Crippen LogP contribution in [-0.2, 0) is 18.4 Å². The van der Waals surface area contributed by atoms with E-state index in [1.807, 2.05) is 26.2 Å². The summed E-state index contributed by atoms with van der Waals surface area (Å²) in [7, 11) is 0. The van der Waals surface area contributed by atoms with Gasteiger partial charge in [-0.2, -0.15) is 5.10 Å². The summed E-state index contributed by atoms with van der Waals surface area (Å²) in [6.45, 7) is 6.24. The second kappa shape index (κ2) is 7.61. The number of amides is 2. The Morgan fingerprint density at radius 3 is 2.81 bits per heavy atom. The monoisotopic (exact) mass is 442 g/mol. The second-order valence-electron chi connectivity index (χ2n) is 7.94. The lowest BCUT2D eigenvalue weighted by Gasteiger charge is -2.31. The minimum Gasteiger partial charge on any atom is -0.465 e. The normalized spacial score (nSPS) is 13.9. The Bertz CT molecular complexity index is 1180. The smallest absolute Gasteiger partial charge is 0.404 e. The van der Waals surface area contributed by atoms with Crippen LogP contribution in [-0.4, -0.2) is 48.4 Å². The number of carboxylic acid groups (broad SMARTS) is 1. The van der Waals surface area contributed by atoms with Crippen LogP contribution in [0, 0.1) is 6.92 Å². The predicted octanol–water partition coefficient (Wildman–Crippen LogP) is 2.04. The first-order valence-electron chi connectivity index (χ1n) is 9.59. The van der Waals surface area contributed by atoms with E-state index in [0.717, 1.165) is 16.8 Å². The van der Waals surface area contributed by atoms with Crippen molar-refractivity contribution < 1.29 is 14.7 Å². The van der Waals surface area contributed by atoms with Crippen LogP contribution in [0.15, 0.2) is 11.6 Å². The Hall–Kier alpha value is -3.54. The molecule has 0 saturated heterocycles. The van der Waals surface area contributed by atoms with Crippen molar-refractivity contribution in [1.29, 1.82) is 0 Å². The average Bonchev–Trinajstić information content (AvgIpc) is 3.26. The first kappa shape index (κ1) is 20.7. The van der Waals surface area contributed by atoms with Gasteiger partial charge in [0, 0.05) is 23.7 Å². The number of nitrogens with one attached hydrogen (secondary N) is 2. The molecule has 0 aromatic carbocycles. The number of anilines is 2. The van der Waals surface area contributed by atoms with Gasteiger partial charge >= 0.3 is 6.09 Å². The van der Waals surface area contributed by atoms with Crippen LogP contribution in [0.5, 0.6) is 0 Å². The van der Waals surface area contributed by atoms with Gasteiger partial charge in [0.2, 0.25) is 5.95 Å². The highest BCUT2D eigenvalue weighted by Crippen LogP contribution is 2.44. The highest BCUT2D eigenvalue weighted by molar-refractivity contribution is 7.13. The van der Waals surface area contributed by atoms with Crippen molar-refractivity contribution >= 4 is 34.4 Å². The number of rotatable bonds is 5. The zero-order valence-electron chi connectivity index (χ0n) is 17.3. The van der Waals surface area contributed by atoms with E-state index in [2.05, 4.69) is 30.7 Å². The van der Waals surface area contributed by atoms with Gasteiger partial charge in [-0.3, -0.25) is 14.8 Å². The van der Waals surface area contributed by atoms with Gasteiger partial charge < -0.3 is 16.2 Å². The number of aromatic nitrogens is 5. The van der Waals surface area contributed by atoms with Crippen LogP contribution in [0.1, 0.15) is 41.2 Å². The molecule has 0 bridgehead atoms. The van der Waals surface area contributed by atoms with Crippen LogP contribution in [0.3, 0.4) is 0 Å². The number of nitrogens with zero attached hydrogens (tertiary/aromatic N) is 5. The van der Waals surface area contributed by atoms with E-state index in [9.17, 15) is 9.59 Å². The maximum absolute atomic E-state index is 13.2. The summed E-state index contributed by atoms with van der Waals surface area (Å²) in [6, 6.07) is 0. The van der Waals surface area contributed by atoms with E-state index < -0.39 is 11.5 Å². The number of nitrogens with two attached hydrogens (primary N) is 1. The molecule has 1 aliphatic rings. The molecule has 0 aliphatic heterocycles. The number of hydrogen-bond acceptors (Lipinski definition) is 8. The van der Waals surface area contributed by atoms with E-state index in [-0.39, 0.29) is 30.6 Å². The second-order valence-corrected chi connectivity index (χ2v) is 8.80. The average molecular weight is 443 g/mol. The molecule has 0 spiro atoms. The molecule has 1 aliphatic carbocycles. The number of aryl methyl sites for hydroxylation is 1. The van der Waals surface area contributed by atoms with Crippen LogP contribution in [0.2, 0.25) is 0 Å². The van der Waals surface area contributed by atoms with Gasteiger partial charge in [-0.25, -0.2) is 19.7 Å². The summed E-state index contributed by atoms with van der Waals surface area (Å²) in [5.74, 6) is -0.265. The van der Waals surface area contributed by atoms with Gasteiger partial charge in [0.05, 0.1) is 23.6 Å².